The molecule has 0 amide bonds. The van der Waals surface area contributed by atoms with Gasteiger partial charge in [0.05, 0.1) is 5.56 Å². The predicted octanol–water partition coefficient (Wildman–Crippen LogP) is 4.13. The summed E-state index contributed by atoms with van der Waals surface area (Å²) in [5.74, 6) is -0.276. The molecule has 3 heteroatoms. The molecule has 18 heavy (non-hydrogen) atoms. The molecule has 0 saturated carbocycles. The third-order valence-corrected chi connectivity index (χ3v) is 2.59. The van der Waals surface area contributed by atoms with Gasteiger partial charge >= 0.3 is 0 Å². The summed E-state index contributed by atoms with van der Waals surface area (Å²) in [7, 11) is 0. The fraction of sp³-hybridized carbons (Fsp3) is 0.133. The second-order valence-electron chi connectivity index (χ2n) is 4.09. The van der Waals surface area contributed by atoms with Gasteiger partial charge in [-0.05, 0) is 38.1 Å². The van der Waals surface area contributed by atoms with Crippen LogP contribution in [0.5, 0.6) is 11.5 Å². The summed E-state index contributed by atoms with van der Waals surface area (Å²) in [6.45, 7) is 3.34. The largest absolute Gasteiger partial charge is 0.454 e. The van der Waals surface area contributed by atoms with Crippen molar-refractivity contribution in [1.82, 2.24) is 0 Å². The second kappa shape index (κ2) is 5.00. The van der Waals surface area contributed by atoms with Crippen molar-refractivity contribution in [3.8, 4) is 11.5 Å². The van der Waals surface area contributed by atoms with Crippen molar-refractivity contribution in [2.75, 3.05) is 0 Å². The van der Waals surface area contributed by atoms with Crippen molar-refractivity contribution in [3.05, 3.63) is 59.4 Å². The Morgan fingerprint density at radius 3 is 2.39 bits per heavy atom. The van der Waals surface area contributed by atoms with Crippen LogP contribution < -0.4 is 4.74 Å². The third kappa shape index (κ3) is 2.56. The molecule has 0 bridgehead atoms. The van der Waals surface area contributed by atoms with Crippen LogP contribution in [0.3, 0.4) is 0 Å². The minimum Gasteiger partial charge on any atom is -0.454 e. The smallest absolute Gasteiger partial charge is 0.173 e. The van der Waals surface area contributed by atoms with Gasteiger partial charge in [0.15, 0.2) is 17.3 Å². The molecule has 0 spiro atoms. The number of halogens is 1. The van der Waals surface area contributed by atoms with Gasteiger partial charge in [-0.15, -0.1) is 0 Å². The molecule has 0 atom stereocenters. The van der Waals surface area contributed by atoms with Gasteiger partial charge in [-0.2, -0.15) is 0 Å². The first-order valence-corrected chi connectivity index (χ1v) is 5.62. The number of ketones is 1. The number of ether oxygens (including phenoxy) is 1. The maximum atomic E-state index is 13.7. The van der Waals surface area contributed by atoms with Crippen molar-refractivity contribution in [1.29, 1.82) is 0 Å². The van der Waals surface area contributed by atoms with Crippen LogP contribution in [0.4, 0.5) is 4.39 Å². The number of aryl methyl sites for hydroxylation is 1. The molecule has 0 aromatic heterocycles. The Bertz CT molecular complexity index is 574. The van der Waals surface area contributed by atoms with E-state index in [0.29, 0.717) is 5.75 Å². The van der Waals surface area contributed by atoms with E-state index in [-0.39, 0.29) is 17.1 Å². The summed E-state index contributed by atoms with van der Waals surface area (Å²) < 4.78 is 19.2. The quantitative estimate of drug-likeness (QED) is 0.759. The highest BCUT2D eigenvalue weighted by Gasteiger charge is 2.14. The predicted molar refractivity (Wildman–Crippen MR) is 67.7 cm³/mol. The number of hydrogen-bond donors (Lipinski definition) is 0. The van der Waals surface area contributed by atoms with Gasteiger partial charge in [0.25, 0.3) is 0 Å². The zero-order valence-corrected chi connectivity index (χ0v) is 10.2. The van der Waals surface area contributed by atoms with Crippen LogP contribution >= 0.6 is 0 Å². The van der Waals surface area contributed by atoms with Crippen LogP contribution in [-0.4, -0.2) is 5.78 Å². The van der Waals surface area contributed by atoms with E-state index < -0.39 is 5.82 Å². The molecule has 2 aromatic carbocycles. The molecule has 2 rings (SSSR count). The number of Topliss-reactive ketones (excluding diaryl/α,β-unsaturated/α-hetero) is 1. The highest BCUT2D eigenvalue weighted by molar-refractivity contribution is 5.96. The Morgan fingerprint density at radius 1 is 1.11 bits per heavy atom. The lowest BCUT2D eigenvalue weighted by atomic mass is 10.1. The number of benzene rings is 2. The molecule has 2 aromatic rings. The molecular formula is C15H13FO2. The van der Waals surface area contributed by atoms with Crippen LogP contribution in [0.15, 0.2) is 42.5 Å². The van der Waals surface area contributed by atoms with Crippen LogP contribution in [0.2, 0.25) is 0 Å². The second-order valence-corrected chi connectivity index (χ2v) is 4.09. The van der Waals surface area contributed by atoms with Crippen molar-refractivity contribution in [2.24, 2.45) is 0 Å². The van der Waals surface area contributed by atoms with Crippen molar-refractivity contribution in [3.63, 3.8) is 0 Å². The molecule has 0 aliphatic heterocycles. The number of para-hydroxylation sites is 1. The van der Waals surface area contributed by atoms with Gasteiger partial charge in [0.2, 0.25) is 0 Å². The van der Waals surface area contributed by atoms with E-state index in [4.69, 9.17) is 4.74 Å². The topological polar surface area (TPSA) is 26.3 Å². The fourth-order valence-corrected chi connectivity index (χ4v) is 1.61. The summed E-state index contributed by atoms with van der Waals surface area (Å²) >= 11 is 0. The van der Waals surface area contributed by atoms with Gasteiger partial charge in [0.1, 0.15) is 5.75 Å². The van der Waals surface area contributed by atoms with Crippen LogP contribution in [0.1, 0.15) is 22.8 Å². The van der Waals surface area contributed by atoms with E-state index in [2.05, 4.69) is 0 Å². The van der Waals surface area contributed by atoms with Gasteiger partial charge < -0.3 is 4.74 Å². The molecule has 0 radical (unpaired) electrons. The zero-order chi connectivity index (χ0) is 13.1. The minimum atomic E-state index is -0.539. The lowest BCUT2D eigenvalue weighted by Crippen LogP contribution is -1.99. The summed E-state index contributed by atoms with van der Waals surface area (Å²) in [6.07, 6.45) is 0. The number of carbonyl (C=O) groups is 1. The molecule has 0 unspecified atom stereocenters. The van der Waals surface area contributed by atoms with Gasteiger partial charge in [-0.3, -0.25) is 4.79 Å². The van der Waals surface area contributed by atoms with Crippen molar-refractivity contribution < 1.29 is 13.9 Å². The summed E-state index contributed by atoms with van der Waals surface area (Å²) in [5, 5.41) is 0. The highest BCUT2D eigenvalue weighted by atomic mass is 19.1. The third-order valence-electron chi connectivity index (χ3n) is 2.59. The average Bonchev–Trinajstić information content (AvgIpc) is 2.34. The van der Waals surface area contributed by atoms with Crippen molar-refractivity contribution >= 4 is 5.78 Å². The Hall–Kier alpha value is -2.16. The number of hydrogen-bond acceptors (Lipinski definition) is 2. The molecule has 2 nitrogen and oxygen atoms in total. The first kappa shape index (κ1) is 12.3. The molecule has 0 saturated heterocycles. The Morgan fingerprint density at radius 2 is 1.78 bits per heavy atom. The lowest BCUT2D eigenvalue weighted by molar-refractivity contribution is 0.101. The van der Waals surface area contributed by atoms with Crippen LogP contribution in [-0.2, 0) is 0 Å². The van der Waals surface area contributed by atoms with E-state index in [9.17, 15) is 9.18 Å². The molecule has 92 valence electrons. The molecule has 0 aliphatic rings. The summed E-state index contributed by atoms with van der Waals surface area (Å²) in [4.78, 5) is 11.4. The average molecular weight is 244 g/mol. The number of rotatable bonds is 3. The Kier molecular flexibility index (Phi) is 3.42. The maximum absolute atomic E-state index is 13.7. The minimum absolute atomic E-state index is 0.0196. The highest BCUT2D eigenvalue weighted by Crippen LogP contribution is 2.28. The van der Waals surface area contributed by atoms with Crippen LogP contribution in [0.25, 0.3) is 0 Å². The first-order chi connectivity index (χ1) is 8.58. The normalized spacial score (nSPS) is 10.2. The maximum Gasteiger partial charge on any atom is 0.173 e. The van der Waals surface area contributed by atoms with Gasteiger partial charge in [0, 0.05) is 0 Å². The van der Waals surface area contributed by atoms with Gasteiger partial charge in [-0.25, -0.2) is 4.39 Å². The monoisotopic (exact) mass is 244 g/mol. The molecule has 0 aliphatic carbocycles. The van der Waals surface area contributed by atoms with Gasteiger partial charge in [-0.1, -0.05) is 23.8 Å². The van der Waals surface area contributed by atoms with E-state index in [0.717, 1.165) is 5.56 Å². The van der Waals surface area contributed by atoms with E-state index >= 15 is 0 Å². The molecule has 0 N–H and O–H groups in total. The molecule has 0 heterocycles. The van der Waals surface area contributed by atoms with Crippen LogP contribution in [0, 0.1) is 12.7 Å². The molecular weight excluding hydrogens is 231 g/mol. The van der Waals surface area contributed by atoms with Crippen molar-refractivity contribution in [2.45, 2.75) is 13.8 Å². The van der Waals surface area contributed by atoms with E-state index in [1.807, 2.05) is 19.1 Å². The Labute approximate surface area is 105 Å². The zero-order valence-electron chi connectivity index (χ0n) is 10.2. The standard InChI is InChI=1S/C15H13FO2/c1-10-6-8-12(9-7-10)18-15-13(11(2)17)4-3-5-14(15)16/h3-9H,1-2H3. The lowest BCUT2D eigenvalue weighted by Gasteiger charge is -2.10. The first-order valence-electron chi connectivity index (χ1n) is 5.62. The fourth-order valence-electron chi connectivity index (χ4n) is 1.61. The summed E-state index contributed by atoms with van der Waals surface area (Å²) in [6, 6.07) is 11.5. The number of carbonyl (C=O) groups excluding carboxylic acids is 1. The summed E-state index contributed by atoms with van der Waals surface area (Å²) in [5.41, 5.74) is 1.33. The SMILES string of the molecule is CC(=O)c1cccc(F)c1Oc1ccc(C)cc1. The van der Waals surface area contributed by atoms with E-state index in [1.54, 1.807) is 18.2 Å². The Balaban J connectivity index is 2.39. The van der Waals surface area contributed by atoms with E-state index in [1.165, 1.54) is 19.1 Å². The molecule has 0 fully saturated rings.